The van der Waals surface area contributed by atoms with Crippen molar-refractivity contribution in [3.63, 3.8) is 0 Å². The molecule has 0 spiro atoms. The third-order valence-electron chi connectivity index (χ3n) is 2.37. The predicted molar refractivity (Wildman–Crippen MR) is 75.9 cm³/mol. The van der Waals surface area contributed by atoms with Gasteiger partial charge < -0.3 is 5.32 Å². The maximum atomic E-state index is 4.45. The molecule has 0 saturated carbocycles. The van der Waals surface area contributed by atoms with Gasteiger partial charge in [-0.05, 0) is 36.4 Å². The molecule has 0 aliphatic rings. The van der Waals surface area contributed by atoms with Crippen LogP contribution in [0.3, 0.4) is 0 Å². The normalized spacial score (nSPS) is 10.9. The Morgan fingerprint density at radius 3 is 2.71 bits per heavy atom. The van der Waals surface area contributed by atoms with E-state index in [-0.39, 0.29) is 0 Å². The van der Waals surface area contributed by atoms with Crippen LogP contribution in [-0.2, 0) is 0 Å². The number of aromatic nitrogens is 4. The molecule has 0 aliphatic heterocycles. The monoisotopic (exact) mass is 343 g/mol. The zero-order chi connectivity index (χ0) is 12.4. The summed E-state index contributed by atoms with van der Waals surface area (Å²) in [5.41, 5.74) is 0.937. The topological polar surface area (TPSA) is 55.6 Å². The Bertz CT molecular complexity index is 520. The van der Waals surface area contributed by atoms with E-state index in [9.17, 15) is 0 Å². The first-order valence-electron chi connectivity index (χ1n) is 5.36. The van der Waals surface area contributed by atoms with Crippen molar-refractivity contribution in [1.29, 1.82) is 0 Å². The Hall–Kier alpha value is -1.18. The van der Waals surface area contributed by atoms with Crippen molar-refractivity contribution >= 4 is 28.4 Å². The van der Waals surface area contributed by atoms with Crippen LogP contribution in [0.25, 0.3) is 11.4 Å². The van der Waals surface area contributed by atoms with Crippen LogP contribution in [0, 0.1) is 3.57 Å². The molecule has 2 rings (SSSR count). The van der Waals surface area contributed by atoms with Crippen molar-refractivity contribution in [3.05, 3.63) is 22.2 Å². The predicted octanol–water partition coefficient (Wildman–Crippen LogP) is 2.57. The minimum absolute atomic E-state index is 0.344. The number of rotatable bonds is 3. The minimum Gasteiger partial charge on any atom is -0.372 e. The van der Waals surface area contributed by atoms with Gasteiger partial charge in [0.05, 0.1) is 15.3 Å². The van der Waals surface area contributed by atoms with Crippen LogP contribution in [0.2, 0.25) is 0 Å². The second-order valence-electron chi connectivity index (χ2n) is 3.94. The van der Waals surface area contributed by atoms with Crippen molar-refractivity contribution in [2.75, 3.05) is 12.4 Å². The van der Waals surface area contributed by atoms with Gasteiger partial charge in [0.1, 0.15) is 5.82 Å². The zero-order valence-corrected chi connectivity index (χ0v) is 12.1. The molecule has 0 aliphatic carbocycles. The second-order valence-corrected chi connectivity index (χ2v) is 5.11. The number of nitrogens with zero attached hydrogens (tertiary/aromatic N) is 4. The molecule has 2 heterocycles. The molecule has 0 amide bonds. The van der Waals surface area contributed by atoms with Gasteiger partial charge in [-0.3, -0.25) is 4.68 Å². The van der Waals surface area contributed by atoms with Gasteiger partial charge in [0.15, 0.2) is 5.82 Å². The number of hydrogen-bond donors (Lipinski definition) is 1. The fourth-order valence-electron chi connectivity index (χ4n) is 1.42. The number of hydrogen-bond acceptors (Lipinski definition) is 4. The molecular formula is C11H14IN5. The van der Waals surface area contributed by atoms with Crippen molar-refractivity contribution in [2.24, 2.45) is 0 Å². The van der Waals surface area contributed by atoms with Gasteiger partial charge in [-0.25, -0.2) is 9.97 Å². The Morgan fingerprint density at radius 2 is 2.12 bits per heavy atom. The molecule has 1 N–H and O–H groups in total. The minimum atomic E-state index is 0.344. The van der Waals surface area contributed by atoms with Crippen molar-refractivity contribution in [1.82, 2.24) is 19.7 Å². The largest absolute Gasteiger partial charge is 0.372 e. The molecule has 0 unspecified atom stereocenters. The molecule has 17 heavy (non-hydrogen) atoms. The van der Waals surface area contributed by atoms with Crippen molar-refractivity contribution in [3.8, 4) is 11.4 Å². The molecule has 5 nitrogen and oxygen atoms in total. The lowest BCUT2D eigenvalue weighted by Gasteiger charge is -2.04. The van der Waals surface area contributed by atoms with E-state index in [1.165, 1.54) is 0 Å². The molecule has 0 atom stereocenters. The van der Waals surface area contributed by atoms with E-state index < -0.39 is 0 Å². The Morgan fingerprint density at radius 1 is 1.35 bits per heavy atom. The molecule has 0 aromatic carbocycles. The van der Waals surface area contributed by atoms with Gasteiger partial charge in [0.2, 0.25) is 0 Å². The molecule has 0 saturated heterocycles. The van der Waals surface area contributed by atoms with Gasteiger partial charge in [0, 0.05) is 25.5 Å². The molecule has 2 aromatic rings. The van der Waals surface area contributed by atoms with Gasteiger partial charge in [-0.1, -0.05) is 0 Å². The maximum absolute atomic E-state index is 4.45. The molecule has 90 valence electrons. The van der Waals surface area contributed by atoms with E-state index in [1.54, 1.807) is 12.4 Å². The van der Waals surface area contributed by atoms with Crippen LogP contribution in [-0.4, -0.2) is 26.8 Å². The Balaban J connectivity index is 2.38. The molecule has 0 bridgehead atoms. The van der Waals surface area contributed by atoms with Crippen LogP contribution in [0.4, 0.5) is 5.82 Å². The second kappa shape index (κ2) is 4.99. The molecule has 0 fully saturated rings. The van der Waals surface area contributed by atoms with Gasteiger partial charge in [-0.2, -0.15) is 5.10 Å². The van der Waals surface area contributed by atoms with Gasteiger partial charge in [-0.15, -0.1) is 0 Å². The SMILES string of the molecule is CNc1nc(-c2cnn(C(C)C)c2)ncc1I. The van der Waals surface area contributed by atoms with Crippen LogP contribution >= 0.6 is 22.6 Å². The summed E-state index contributed by atoms with van der Waals surface area (Å²) in [5, 5.41) is 7.33. The summed E-state index contributed by atoms with van der Waals surface area (Å²) in [6.07, 6.45) is 5.56. The highest BCUT2D eigenvalue weighted by atomic mass is 127. The first-order valence-corrected chi connectivity index (χ1v) is 6.44. The van der Waals surface area contributed by atoms with E-state index in [0.29, 0.717) is 11.9 Å². The number of anilines is 1. The lowest BCUT2D eigenvalue weighted by molar-refractivity contribution is 0.532. The summed E-state index contributed by atoms with van der Waals surface area (Å²) in [4.78, 5) is 8.77. The fourth-order valence-corrected chi connectivity index (χ4v) is 1.95. The summed E-state index contributed by atoms with van der Waals surface area (Å²) in [6.45, 7) is 4.18. The van der Waals surface area contributed by atoms with Crippen LogP contribution < -0.4 is 5.32 Å². The third kappa shape index (κ3) is 2.56. The summed E-state index contributed by atoms with van der Waals surface area (Å²) in [5.74, 6) is 1.54. The number of halogens is 1. The van der Waals surface area contributed by atoms with Gasteiger partial charge >= 0.3 is 0 Å². The standard InChI is InChI=1S/C11H14IN5/c1-7(2)17-6-8(4-15-17)10-14-5-9(12)11(13-3)16-10/h4-7H,1-3H3,(H,13,14,16). The van der Waals surface area contributed by atoms with Gasteiger partial charge in [0.25, 0.3) is 0 Å². The summed E-state index contributed by atoms with van der Waals surface area (Å²) in [7, 11) is 1.85. The zero-order valence-electron chi connectivity index (χ0n) is 9.98. The third-order valence-corrected chi connectivity index (χ3v) is 3.16. The first-order chi connectivity index (χ1) is 8.11. The highest BCUT2D eigenvalue weighted by Crippen LogP contribution is 2.20. The molecular weight excluding hydrogens is 329 g/mol. The highest BCUT2D eigenvalue weighted by Gasteiger charge is 2.09. The van der Waals surface area contributed by atoms with Crippen LogP contribution in [0.5, 0.6) is 0 Å². The maximum Gasteiger partial charge on any atom is 0.164 e. The van der Waals surface area contributed by atoms with Crippen LogP contribution in [0.1, 0.15) is 19.9 Å². The summed E-state index contributed by atoms with van der Waals surface area (Å²) < 4.78 is 2.90. The van der Waals surface area contributed by atoms with Crippen molar-refractivity contribution in [2.45, 2.75) is 19.9 Å². The average molecular weight is 343 g/mol. The smallest absolute Gasteiger partial charge is 0.164 e. The first kappa shape index (κ1) is 12.3. The van der Waals surface area contributed by atoms with Crippen molar-refractivity contribution < 1.29 is 0 Å². The van der Waals surface area contributed by atoms with E-state index in [4.69, 9.17) is 0 Å². The summed E-state index contributed by atoms with van der Waals surface area (Å²) in [6, 6.07) is 0.344. The van der Waals surface area contributed by atoms with E-state index >= 15 is 0 Å². The van der Waals surface area contributed by atoms with Crippen LogP contribution in [0.15, 0.2) is 18.6 Å². The fraction of sp³-hybridized carbons (Fsp3) is 0.364. The van der Waals surface area contributed by atoms with E-state index in [2.05, 4.69) is 56.8 Å². The number of nitrogens with one attached hydrogen (secondary N) is 1. The Labute approximate surface area is 114 Å². The lowest BCUT2D eigenvalue weighted by Crippen LogP contribution is -2.00. The molecule has 0 radical (unpaired) electrons. The quantitative estimate of drug-likeness (QED) is 0.871. The average Bonchev–Trinajstić information content (AvgIpc) is 2.79. The van der Waals surface area contributed by atoms with E-state index in [0.717, 1.165) is 15.0 Å². The van der Waals surface area contributed by atoms with E-state index in [1.807, 2.05) is 17.9 Å². The Kier molecular flexibility index (Phi) is 3.60. The molecule has 6 heteroatoms. The highest BCUT2D eigenvalue weighted by molar-refractivity contribution is 14.1. The lowest BCUT2D eigenvalue weighted by atomic mass is 10.3. The molecule has 2 aromatic heterocycles. The summed E-state index contributed by atoms with van der Waals surface area (Å²) >= 11 is 2.20.